The first kappa shape index (κ1) is 18.6. The number of benzene rings is 1. The van der Waals surface area contributed by atoms with Crippen molar-refractivity contribution in [2.75, 3.05) is 11.1 Å². The van der Waals surface area contributed by atoms with Crippen LogP contribution in [0.15, 0.2) is 51.2 Å². The van der Waals surface area contributed by atoms with Crippen molar-refractivity contribution >= 4 is 45.8 Å². The van der Waals surface area contributed by atoms with E-state index in [0.717, 1.165) is 23.4 Å². The average Bonchev–Trinajstić information content (AvgIpc) is 3.28. The summed E-state index contributed by atoms with van der Waals surface area (Å²) in [6.07, 6.45) is 0. The number of amides is 2. The Labute approximate surface area is 160 Å². The lowest BCUT2D eigenvalue weighted by Crippen LogP contribution is -2.12. The Morgan fingerprint density at radius 3 is 2.63 bits per heavy atom. The summed E-state index contributed by atoms with van der Waals surface area (Å²) < 4.78 is 5.47. The number of carbonyl (C=O) groups is 2. The van der Waals surface area contributed by atoms with E-state index >= 15 is 0 Å². The fourth-order valence-corrected chi connectivity index (χ4v) is 3.88. The quantitative estimate of drug-likeness (QED) is 0.350. The molecule has 2 aromatic heterocycles. The number of hydrogen-bond donors (Lipinski definition) is 2. The molecule has 0 aliphatic carbocycles. The minimum Gasteiger partial charge on any atom is -0.395 e. The number of nitrogens with zero attached hydrogens (tertiary/aromatic N) is 2. The third-order valence-electron chi connectivity index (χ3n) is 3.22. The Balaban J connectivity index is 1.88. The molecule has 0 bridgehead atoms. The SMILES string of the molecule is NC(=O)CSc1nc(-c2ccccc2)c(NC(=O)c2ccc([N+](=O)[O-])o2)s1. The molecule has 0 radical (unpaired) electrons. The number of primary amides is 1. The summed E-state index contributed by atoms with van der Waals surface area (Å²) in [4.78, 5) is 37.8. The highest BCUT2D eigenvalue weighted by molar-refractivity contribution is 8.01. The highest BCUT2D eigenvalue weighted by Gasteiger charge is 2.21. The van der Waals surface area contributed by atoms with Gasteiger partial charge in [0.1, 0.15) is 15.6 Å². The van der Waals surface area contributed by atoms with Crippen LogP contribution in [0.2, 0.25) is 0 Å². The maximum atomic E-state index is 12.4. The normalized spacial score (nSPS) is 10.5. The number of nitrogens with one attached hydrogen (secondary N) is 1. The highest BCUT2D eigenvalue weighted by Crippen LogP contribution is 2.37. The van der Waals surface area contributed by atoms with Crippen LogP contribution in [-0.4, -0.2) is 27.5 Å². The predicted molar refractivity (Wildman–Crippen MR) is 101 cm³/mol. The van der Waals surface area contributed by atoms with Gasteiger partial charge in [-0.15, -0.1) is 0 Å². The third-order valence-corrected chi connectivity index (χ3v) is 5.35. The van der Waals surface area contributed by atoms with Crippen LogP contribution in [-0.2, 0) is 4.79 Å². The molecule has 0 saturated heterocycles. The van der Waals surface area contributed by atoms with Crippen LogP contribution in [0, 0.1) is 10.1 Å². The zero-order valence-electron chi connectivity index (χ0n) is 13.6. The molecular weight excluding hydrogens is 392 g/mol. The van der Waals surface area contributed by atoms with Crippen LogP contribution in [0.5, 0.6) is 0 Å². The number of nitrogens with two attached hydrogens (primary N) is 1. The van der Waals surface area contributed by atoms with E-state index in [-0.39, 0.29) is 11.5 Å². The van der Waals surface area contributed by atoms with Crippen molar-refractivity contribution in [2.24, 2.45) is 5.73 Å². The van der Waals surface area contributed by atoms with Crippen LogP contribution in [0.3, 0.4) is 0 Å². The van der Waals surface area contributed by atoms with Crippen molar-refractivity contribution in [3.05, 3.63) is 58.3 Å². The number of rotatable bonds is 7. The van der Waals surface area contributed by atoms with Crippen molar-refractivity contribution in [2.45, 2.75) is 4.34 Å². The standard InChI is InChI=1S/C16H12N4O5S2/c17-11(21)8-26-16-18-13(9-4-2-1-3-5-9)15(27-16)19-14(22)10-6-7-12(25-10)20(23)24/h1-7H,8H2,(H2,17,21)(H,19,22). The second-order valence-electron chi connectivity index (χ2n) is 5.13. The minimum absolute atomic E-state index is 0.0551. The molecule has 9 nitrogen and oxygen atoms in total. The lowest BCUT2D eigenvalue weighted by molar-refractivity contribution is -0.402. The molecule has 1 aromatic carbocycles. The van der Waals surface area contributed by atoms with Crippen molar-refractivity contribution in [1.29, 1.82) is 0 Å². The first-order valence-corrected chi connectivity index (χ1v) is 9.27. The molecule has 138 valence electrons. The molecule has 3 rings (SSSR count). The zero-order chi connectivity index (χ0) is 19.4. The summed E-state index contributed by atoms with van der Waals surface area (Å²) in [6, 6.07) is 11.5. The smallest absolute Gasteiger partial charge is 0.395 e. The van der Waals surface area contributed by atoms with Crippen LogP contribution in [0.1, 0.15) is 10.6 Å². The molecule has 2 heterocycles. The topological polar surface area (TPSA) is 141 Å². The fraction of sp³-hybridized carbons (Fsp3) is 0.0625. The van der Waals surface area contributed by atoms with Gasteiger partial charge in [-0.05, 0) is 6.07 Å². The summed E-state index contributed by atoms with van der Waals surface area (Å²) in [5.74, 6) is -1.79. The molecule has 0 fully saturated rings. The number of thioether (sulfide) groups is 1. The molecule has 0 unspecified atom stereocenters. The number of nitro groups is 1. The van der Waals surface area contributed by atoms with E-state index in [0.29, 0.717) is 15.0 Å². The minimum atomic E-state index is -0.725. The molecule has 2 amide bonds. The first-order valence-electron chi connectivity index (χ1n) is 7.47. The summed E-state index contributed by atoms with van der Waals surface area (Å²) >= 11 is 2.33. The Bertz CT molecular complexity index is 999. The lowest BCUT2D eigenvalue weighted by Gasteiger charge is -2.03. The Kier molecular flexibility index (Phi) is 5.52. The van der Waals surface area contributed by atoms with E-state index in [2.05, 4.69) is 10.3 Å². The van der Waals surface area contributed by atoms with E-state index in [9.17, 15) is 19.7 Å². The molecule has 0 atom stereocenters. The number of furan rings is 1. The van der Waals surface area contributed by atoms with Crippen molar-refractivity contribution in [3.8, 4) is 11.3 Å². The Morgan fingerprint density at radius 1 is 1.26 bits per heavy atom. The van der Waals surface area contributed by atoms with E-state index in [1.807, 2.05) is 30.3 Å². The Morgan fingerprint density at radius 2 is 2.00 bits per heavy atom. The van der Waals surface area contributed by atoms with Crippen molar-refractivity contribution in [3.63, 3.8) is 0 Å². The molecular formula is C16H12N4O5S2. The molecule has 0 saturated carbocycles. The van der Waals surface area contributed by atoms with Gasteiger partial charge in [0, 0.05) is 5.56 Å². The van der Waals surface area contributed by atoms with Crippen LogP contribution >= 0.6 is 23.1 Å². The lowest BCUT2D eigenvalue weighted by atomic mass is 10.2. The van der Waals surface area contributed by atoms with Gasteiger partial charge in [-0.2, -0.15) is 0 Å². The van der Waals surface area contributed by atoms with Crippen molar-refractivity contribution < 1.29 is 18.9 Å². The van der Waals surface area contributed by atoms with Gasteiger partial charge in [-0.1, -0.05) is 53.4 Å². The molecule has 11 heteroatoms. The van der Waals surface area contributed by atoms with Crippen molar-refractivity contribution in [1.82, 2.24) is 4.98 Å². The number of hydrogen-bond acceptors (Lipinski definition) is 8. The highest BCUT2D eigenvalue weighted by atomic mass is 32.2. The van der Waals surface area contributed by atoms with E-state index in [1.165, 1.54) is 17.4 Å². The third kappa shape index (κ3) is 4.51. The van der Waals surface area contributed by atoms with Gasteiger partial charge in [-0.25, -0.2) is 4.98 Å². The van der Waals surface area contributed by atoms with Gasteiger partial charge >= 0.3 is 5.88 Å². The van der Waals surface area contributed by atoms with Gasteiger partial charge < -0.3 is 15.5 Å². The van der Waals surface area contributed by atoms with Gasteiger partial charge in [0.2, 0.25) is 5.91 Å². The van der Waals surface area contributed by atoms with Crippen LogP contribution in [0.25, 0.3) is 11.3 Å². The van der Waals surface area contributed by atoms with Gasteiger partial charge in [0.25, 0.3) is 5.91 Å². The molecule has 0 aliphatic rings. The summed E-state index contributed by atoms with van der Waals surface area (Å²) in [6.45, 7) is 0. The molecule has 3 aromatic rings. The van der Waals surface area contributed by atoms with Crippen LogP contribution in [0.4, 0.5) is 10.9 Å². The summed E-state index contributed by atoms with van der Waals surface area (Å²) in [7, 11) is 0. The van der Waals surface area contributed by atoms with E-state index < -0.39 is 22.6 Å². The average molecular weight is 404 g/mol. The molecule has 0 aliphatic heterocycles. The van der Waals surface area contributed by atoms with Gasteiger partial charge in [0.15, 0.2) is 10.1 Å². The van der Waals surface area contributed by atoms with Gasteiger partial charge in [0.05, 0.1) is 11.8 Å². The van der Waals surface area contributed by atoms with E-state index in [1.54, 1.807) is 0 Å². The van der Waals surface area contributed by atoms with Crippen LogP contribution < -0.4 is 11.1 Å². The maximum absolute atomic E-state index is 12.4. The first-order chi connectivity index (χ1) is 12.9. The number of aromatic nitrogens is 1. The maximum Gasteiger partial charge on any atom is 0.433 e. The second-order valence-corrected chi connectivity index (χ2v) is 7.35. The number of thiazole rings is 1. The summed E-state index contributed by atoms with van der Waals surface area (Å²) in [5.41, 5.74) is 6.44. The predicted octanol–water partition coefficient (Wildman–Crippen LogP) is 3.14. The summed E-state index contributed by atoms with van der Waals surface area (Å²) in [5, 5.41) is 13.8. The second kappa shape index (κ2) is 8.01. The van der Waals surface area contributed by atoms with E-state index in [4.69, 9.17) is 10.2 Å². The Hall–Kier alpha value is -3.18. The number of anilines is 1. The molecule has 3 N–H and O–H groups in total. The largest absolute Gasteiger partial charge is 0.433 e. The monoisotopic (exact) mass is 404 g/mol. The zero-order valence-corrected chi connectivity index (χ0v) is 15.2. The van der Waals surface area contributed by atoms with Gasteiger partial charge in [-0.3, -0.25) is 19.7 Å². The molecule has 0 spiro atoms. The fourth-order valence-electron chi connectivity index (χ4n) is 2.08. The number of carbonyl (C=O) groups excluding carboxylic acids is 2. The molecule has 27 heavy (non-hydrogen) atoms.